The molecule has 0 atom stereocenters. The zero-order chi connectivity index (χ0) is 17.0. The molecule has 0 aromatic carbocycles. The zero-order valence-corrected chi connectivity index (χ0v) is 14.3. The summed E-state index contributed by atoms with van der Waals surface area (Å²) < 4.78 is 5.29. The van der Waals surface area contributed by atoms with Gasteiger partial charge in [0.25, 0.3) is 0 Å². The second-order valence-electron chi connectivity index (χ2n) is 7.26. The second kappa shape index (κ2) is 7.70. The van der Waals surface area contributed by atoms with E-state index in [1.165, 1.54) is 0 Å². The summed E-state index contributed by atoms with van der Waals surface area (Å²) in [5, 5.41) is 12.9. The molecule has 3 amide bonds. The number of likely N-dealkylation sites (tertiary alicyclic amines) is 1. The van der Waals surface area contributed by atoms with E-state index in [2.05, 4.69) is 5.32 Å². The van der Waals surface area contributed by atoms with E-state index in [0.29, 0.717) is 52.4 Å². The van der Waals surface area contributed by atoms with Gasteiger partial charge >= 0.3 is 6.03 Å². The number of morpholine rings is 1. The summed E-state index contributed by atoms with van der Waals surface area (Å²) >= 11 is 0. The van der Waals surface area contributed by atoms with Crippen LogP contribution in [0, 0.1) is 5.92 Å². The molecule has 1 saturated carbocycles. The number of carbonyl (C=O) groups excluding carboxylic acids is 2. The van der Waals surface area contributed by atoms with Crippen LogP contribution in [0.2, 0.25) is 0 Å². The molecular formula is C17H29N3O4. The largest absolute Gasteiger partial charge is 0.390 e. The monoisotopic (exact) mass is 339 g/mol. The van der Waals surface area contributed by atoms with Crippen molar-refractivity contribution < 1.29 is 19.4 Å². The highest BCUT2D eigenvalue weighted by molar-refractivity contribution is 5.80. The topological polar surface area (TPSA) is 82.1 Å². The Morgan fingerprint density at radius 1 is 1.08 bits per heavy atom. The number of rotatable bonds is 4. The summed E-state index contributed by atoms with van der Waals surface area (Å²) in [6, 6.07) is -0.0739. The first kappa shape index (κ1) is 17.5. The van der Waals surface area contributed by atoms with Gasteiger partial charge in [-0.2, -0.15) is 0 Å². The first-order chi connectivity index (χ1) is 11.6. The molecule has 0 radical (unpaired) electrons. The quantitative estimate of drug-likeness (QED) is 0.785. The van der Waals surface area contributed by atoms with Crippen LogP contribution in [0.1, 0.15) is 38.5 Å². The lowest BCUT2D eigenvalue weighted by atomic mass is 9.78. The van der Waals surface area contributed by atoms with Crippen LogP contribution in [-0.2, 0) is 9.53 Å². The molecule has 2 saturated heterocycles. The standard InChI is InChI=1S/C17H29N3O4/c21-15(19-10-12-24-13-11-19)14-2-8-20(9-3-14)16(22)18-7-6-17(23)4-1-5-17/h14,23H,1-13H2,(H,18,22). The van der Waals surface area contributed by atoms with Gasteiger partial charge in [0.2, 0.25) is 5.91 Å². The lowest BCUT2D eigenvalue weighted by Gasteiger charge is -2.37. The highest BCUT2D eigenvalue weighted by Gasteiger charge is 2.34. The first-order valence-electron chi connectivity index (χ1n) is 9.19. The van der Waals surface area contributed by atoms with Gasteiger partial charge in [0.1, 0.15) is 0 Å². The molecule has 0 unspecified atom stereocenters. The lowest BCUT2D eigenvalue weighted by Crippen LogP contribution is -2.50. The highest BCUT2D eigenvalue weighted by Crippen LogP contribution is 2.34. The Balaban J connectivity index is 1.36. The maximum Gasteiger partial charge on any atom is 0.317 e. The van der Waals surface area contributed by atoms with Crippen molar-refractivity contribution in [3.05, 3.63) is 0 Å². The summed E-state index contributed by atoms with van der Waals surface area (Å²) in [5.41, 5.74) is -0.551. The smallest absolute Gasteiger partial charge is 0.317 e. The van der Waals surface area contributed by atoms with Crippen LogP contribution < -0.4 is 5.32 Å². The van der Waals surface area contributed by atoms with Crippen LogP contribution in [0.4, 0.5) is 4.79 Å². The molecular weight excluding hydrogens is 310 g/mol. The van der Waals surface area contributed by atoms with Crippen LogP contribution in [0.3, 0.4) is 0 Å². The van der Waals surface area contributed by atoms with Gasteiger partial charge in [-0.25, -0.2) is 4.79 Å². The molecule has 24 heavy (non-hydrogen) atoms. The summed E-state index contributed by atoms with van der Waals surface area (Å²) in [6.45, 7) is 4.37. The third-order valence-electron chi connectivity index (χ3n) is 5.61. The molecule has 2 aliphatic heterocycles. The number of nitrogens with zero attached hydrogens (tertiary/aromatic N) is 2. The van der Waals surface area contributed by atoms with Crippen molar-refractivity contribution in [1.82, 2.24) is 15.1 Å². The van der Waals surface area contributed by atoms with Gasteiger partial charge < -0.3 is 25.0 Å². The molecule has 136 valence electrons. The summed E-state index contributed by atoms with van der Waals surface area (Å²) in [6.07, 6.45) is 4.86. The van der Waals surface area contributed by atoms with Crippen molar-refractivity contribution in [1.29, 1.82) is 0 Å². The van der Waals surface area contributed by atoms with E-state index in [4.69, 9.17) is 4.74 Å². The molecule has 7 nitrogen and oxygen atoms in total. The number of urea groups is 1. The van der Waals surface area contributed by atoms with Gasteiger partial charge in [-0.05, 0) is 38.5 Å². The third-order valence-corrected chi connectivity index (χ3v) is 5.61. The van der Waals surface area contributed by atoms with E-state index >= 15 is 0 Å². The fourth-order valence-electron chi connectivity index (χ4n) is 3.72. The predicted octanol–water partition coefficient (Wildman–Crippen LogP) is 0.572. The summed E-state index contributed by atoms with van der Waals surface area (Å²) in [4.78, 5) is 28.3. The maximum atomic E-state index is 12.5. The molecule has 2 N–H and O–H groups in total. The van der Waals surface area contributed by atoms with Crippen molar-refractivity contribution in [2.45, 2.75) is 44.1 Å². The Kier molecular flexibility index (Phi) is 5.61. The molecule has 0 aromatic rings. The van der Waals surface area contributed by atoms with Gasteiger partial charge in [-0.1, -0.05) is 0 Å². The van der Waals surface area contributed by atoms with Crippen LogP contribution in [0.25, 0.3) is 0 Å². The molecule has 0 aromatic heterocycles. The second-order valence-corrected chi connectivity index (χ2v) is 7.26. The van der Waals surface area contributed by atoms with E-state index in [-0.39, 0.29) is 17.9 Å². The minimum Gasteiger partial charge on any atom is -0.390 e. The Morgan fingerprint density at radius 2 is 1.75 bits per heavy atom. The lowest BCUT2D eigenvalue weighted by molar-refractivity contribution is -0.141. The number of nitrogens with one attached hydrogen (secondary N) is 1. The summed E-state index contributed by atoms with van der Waals surface area (Å²) in [7, 11) is 0. The van der Waals surface area contributed by atoms with Gasteiger partial charge in [-0.3, -0.25) is 4.79 Å². The SMILES string of the molecule is O=C(NCCC1(O)CCC1)N1CCC(C(=O)N2CCOCC2)CC1. The van der Waals surface area contributed by atoms with E-state index < -0.39 is 5.60 Å². The van der Waals surface area contributed by atoms with Crippen molar-refractivity contribution in [3.8, 4) is 0 Å². The Hall–Kier alpha value is -1.34. The Labute approximate surface area is 143 Å². The van der Waals surface area contributed by atoms with Crippen molar-refractivity contribution in [3.63, 3.8) is 0 Å². The minimum absolute atomic E-state index is 0.0304. The molecule has 3 aliphatic rings. The molecule has 3 rings (SSSR count). The fraction of sp³-hybridized carbons (Fsp3) is 0.882. The van der Waals surface area contributed by atoms with Gasteiger partial charge in [0.05, 0.1) is 18.8 Å². The number of piperidine rings is 1. The van der Waals surface area contributed by atoms with Crippen molar-refractivity contribution >= 4 is 11.9 Å². The zero-order valence-electron chi connectivity index (χ0n) is 14.3. The predicted molar refractivity (Wildman–Crippen MR) is 88.5 cm³/mol. The molecule has 2 heterocycles. The number of ether oxygens (including phenoxy) is 1. The van der Waals surface area contributed by atoms with E-state index in [0.717, 1.165) is 32.1 Å². The van der Waals surface area contributed by atoms with E-state index in [1.807, 2.05) is 4.90 Å². The molecule has 3 fully saturated rings. The number of amides is 3. The van der Waals surface area contributed by atoms with Crippen LogP contribution in [0.5, 0.6) is 0 Å². The van der Waals surface area contributed by atoms with Crippen molar-refractivity contribution in [2.75, 3.05) is 45.9 Å². The maximum absolute atomic E-state index is 12.5. The normalized spacial score (nSPS) is 24.4. The number of aliphatic hydroxyl groups is 1. The minimum atomic E-state index is -0.551. The first-order valence-corrected chi connectivity index (χ1v) is 9.19. The van der Waals surface area contributed by atoms with Crippen LogP contribution in [-0.4, -0.2) is 78.4 Å². The molecule has 7 heteroatoms. The average Bonchev–Trinajstić information content (AvgIpc) is 2.60. The number of hydrogen-bond acceptors (Lipinski definition) is 4. The van der Waals surface area contributed by atoms with Gasteiger partial charge in [-0.15, -0.1) is 0 Å². The Bertz CT molecular complexity index is 453. The van der Waals surface area contributed by atoms with Crippen LogP contribution >= 0.6 is 0 Å². The third kappa shape index (κ3) is 4.19. The van der Waals surface area contributed by atoms with Gasteiger partial charge in [0.15, 0.2) is 0 Å². The molecule has 0 bridgehead atoms. The van der Waals surface area contributed by atoms with Crippen molar-refractivity contribution in [2.24, 2.45) is 5.92 Å². The highest BCUT2D eigenvalue weighted by atomic mass is 16.5. The summed E-state index contributed by atoms with van der Waals surface area (Å²) in [5.74, 6) is 0.244. The Morgan fingerprint density at radius 3 is 2.33 bits per heavy atom. The number of carbonyl (C=O) groups is 2. The fourth-order valence-corrected chi connectivity index (χ4v) is 3.72. The molecule has 0 spiro atoms. The van der Waals surface area contributed by atoms with E-state index in [9.17, 15) is 14.7 Å². The van der Waals surface area contributed by atoms with Gasteiger partial charge in [0, 0.05) is 38.6 Å². The van der Waals surface area contributed by atoms with E-state index in [1.54, 1.807) is 4.90 Å². The van der Waals surface area contributed by atoms with Crippen LogP contribution in [0.15, 0.2) is 0 Å². The number of hydrogen-bond donors (Lipinski definition) is 2. The molecule has 1 aliphatic carbocycles. The average molecular weight is 339 g/mol.